The lowest BCUT2D eigenvalue weighted by molar-refractivity contribution is 0.102. The van der Waals surface area contributed by atoms with Gasteiger partial charge >= 0.3 is 0 Å². The van der Waals surface area contributed by atoms with Crippen molar-refractivity contribution in [1.82, 2.24) is 9.97 Å². The first kappa shape index (κ1) is 14.7. The fraction of sp³-hybridized carbons (Fsp3) is 0.267. The van der Waals surface area contributed by atoms with Crippen LogP contribution in [-0.4, -0.2) is 21.9 Å². The summed E-state index contributed by atoms with van der Waals surface area (Å²) in [7, 11) is 0. The first-order valence-electron chi connectivity index (χ1n) is 6.90. The molecule has 2 N–H and O–H groups in total. The highest BCUT2D eigenvalue weighted by Gasteiger charge is 2.22. The summed E-state index contributed by atoms with van der Waals surface area (Å²) in [5.41, 5.74) is 0.653. The van der Waals surface area contributed by atoms with Crippen molar-refractivity contribution in [3.63, 3.8) is 0 Å². The van der Waals surface area contributed by atoms with Crippen LogP contribution in [0.5, 0.6) is 0 Å². The van der Waals surface area contributed by atoms with Gasteiger partial charge in [0, 0.05) is 17.8 Å². The lowest BCUT2D eigenvalue weighted by Gasteiger charge is -2.09. The summed E-state index contributed by atoms with van der Waals surface area (Å²) in [4.78, 5) is 20.6. The zero-order chi connectivity index (χ0) is 15.7. The topological polar surface area (TPSA) is 66.9 Å². The first-order valence-corrected chi connectivity index (χ1v) is 7.28. The highest BCUT2D eigenvalue weighted by molar-refractivity contribution is 6.31. The van der Waals surface area contributed by atoms with Gasteiger partial charge in [-0.15, -0.1) is 0 Å². The molecule has 5 nitrogen and oxygen atoms in total. The zero-order valence-corrected chi connectivity index (χ0v) is 12.6. The highest BCUT2D eigenvalue weighted by atomic mass is 35.5. The van der Waals surface area contributed by atoms with Crippen molar-refractivity contribution in [1.29, 1.82) is 0 Å². The molecule has 3 rings (SSSR count). The Morgan fingerprint density at radius 1 is 1.32 bits per heavy atom. The smallest absolute Gasteiger partial charge is 0.274 e. The summed E-state index contributed by atoms with van der Waals surface area (Å²) in [6.07, 6.45) is 2.22. The standard InChI is InChI=1S/C15H14ClFN4O/c1-8-18-13(7-14(19-8)20-9-2-3-9)15(22)21-10-4-5-12(17)11(16)6-10/h4-7,9H,2-3H2,1H3,(H,21,22)(H,18,19,20). The Bertz CT molecular complexity index is 733. The maximum absolute atomic E-state index is 13.1. The van der Waals surface area contributed by atoms with Gasteiger partial charge in [0.25, 0.3) is 5.91 Å². The van der Waals surface area contributed by atoms with Gasteiger partial charge in [0.15, 0.2) is 0 Å². The number of aryl methyl sites for hydroxylation is 1. The van der Waals surface area contributed by atoms with Crippen LogP contribution in [-0.2, 0) is 0 Å². The van der Waals surface area contributed by atoms with Crippen molar-refractivity contribution in [2.24, 2.45) is 0 Å². The predicted octanol–water partition coefficient (Wildman–Crippen LogP) is 3.40. The molecule has 7 heteroatoms. The van der Waals surface area contributed by atoms with E-state index in [1.165, 1.54) is 18.2 Å². The van der Waals surface area contributed by atoms with Crippen molar-refractivity contribution >= 4 is 29.0 Å². The van der Waals surface area contributed by atoms with Gasteiger partial charge in [0.2, 0.25) is 0 Å². The Kier molecular flexibility index (Phi) is 3.94. The van der Waals surface area contributed by atoms with Crippen LogP contribution in [0.1, 0.15) is 29.2 Å². The number of aromatic nitrogens is 2. The van der Waals surface area contributed by atoms with E-state index in [0.717, 1.165) is 12.8 Å². The van der Waals surface area contributed by atoms with Crippen LogP contribution < -0.4 is 10.6 Å². The number of anilines is 2. The van der Waals surface area contributed by atoms with Crippen LogP contribution in [0, 0.1) is 12.7 Å². The maximum Gasteiger partial charge on any atom is 0.274 e. The molecule has 1 aliphatic carbocycles. The van der Waals surface area contributed by atoms with Gasteiger partial charge in [0.1, 0.15) is 23.2 Å². The molecule has 0 atom stereocenters. The predicted molar refractivity (Wildman–Crippen MR) is 82.8 cm³/mol. The molecule has 0 aliphatic heterocycles. The molecule has 114 valence electrons. The van der Waals surface area contributed by atoms with E-state index in [1.54, 1.807) is 13.0 Å². The second-order valence-electron chi connectivity index (χ2n) is 5.19. The quantitative estimate of drug-likeness (QED) is 0.906. The molecular formula is C15H14ClFN4O. The van der Waals surface area contributed by atoms with Gasteiger partial charge in [0.05, 0.1) is 5.02 Å². The third-order valence-corrected chi connectivity index (χ3v) is 3.47. The number of nitrogens with one attached hydrogen (secondary N) is 2. The summed E-state index contributed by atoms with van der Waals surface area (Å²) in [6.45, 7) is 1.73. The molecule has 1 aromatic heterocycles. The molecule has 1 saturated carbocycles. The largest absolute Gasteiger partial charge is 0.367 e. The fourth-order valence-electron chi connectivity index (χ4n) is 1.96. The van der Waals surface area contributed by atoms with E-state index in [9.17, 15) is 9.18 Å². The Hall–Kier alpha value is -2.21. The molecule has 2 aromatic rings. The average Bonchev–Trinajstić information content (AvgIpc) is 3.26. The molecule has 0 saturated heterocycles. The van der Waals surface area contributed by atoms with Gasteiger partial charge in [-0.2, -0.15) is 0 Å². The second-order valence-corrected chi connectivity index (χ2v) is 5.59. The summed E-state index contributed by atoms with van der Waals surface area (Å²) >= 11 is 5.70. The summed E-state index contributed by atoms with van der Waals surface area (Å²) in [5.74, 6) is 0.214. The van der Waals surface area contributed by atoms with E-state index in [0.29, 0.717) is 23.4 Å². The Labute approximate surface area is 131 Å². The summed E-state index contributed by atoms with van der Waals surface area (Å²) < 4.78 is 13.1. The minimum Gasteiger partial charge on any atom is -0.367 e. The molecule has 1 heterocycles. The Morgan fingerprint density at radius 2 is 2.09 bits per heavy atom. The van der Waals surface area contributed by atoms with Gasteiger partial charge in [-0.1, -0.05) is 11.6 Å². The fourth-order valence-corrected chi connectivity index (χ4v) is 2.14. The zero-order valence-electron chi connectivity index (χ0n) is 11.9. The van der Waals surface area contributed by atoms with Crippen molar-refractivity contribution in [2.45, 2.75) is 25.8 Å². The lowest BCUT2D eigenvalue weighted by Crippen LogP contribution is -2.16. The van der Waals surface area contributed by atoms with Crippen LogP contribution in [0.3, 0.4) is 0 Å². The van der Waals surface area contributed by atoms with Gasteiger partial charge in [-0.25, -0.2) is 14.4 Å². The summed E-state index contributed by atoms with van der Waals surface area (Å²) in [6, 6.07) is 6.03. The van der Waals surface area contributed by atoms with E-state index >= 15 is 0 Å². The molecule has 0 unspecified atom stereocenters. The van der Waals surface area contributed by atoms with Crippen molar-refractivity contribution in [3.8, 4) is 0 Å². The van der Waals surface area contributed by atoms with E-state index in [4.69, 9.17) is 11.6 Å². The normalized spacial score (nSPS) is 13.8. The Balaban J connectivity index is 1.78. The van der Waals surface area contributed by atoms with Crippen LogP contribution in [0.2, 0.25) is 5.02 Å². The molecule has 1 aromatic carbocycles. The minimum absolute atomic E-state index is 0.0484. The van der Waals surface area contributed by atoms with Crippen LogP contribution in [0.4, 0.5) is 15.9 Å². The molecular weight excluding hydrogens is 307 g/mol. The third kappa shape index (κ3) is 3.51. The lowest BCUT2D eigenvalue weighted by atomic mass is 10.3. The van der Waals surface area contributed by atoms with Crippen LogP contribution in [0.25, 0.3) is 0 Å². The third-order valence-electron chi connectivity index (χ3n) is 3.18. The van der Waals surface area contributed by atoms with Gasteiger partial charge in [-0.3, -0.25) is 4.79 Å². The molecule has 1 amide bonds. The number of halogens is 2. The number of rotatable bonds is 4. The summed E-state index contributed by atoms with van der Waals surface area (Å²) in [5, 5.41) is 5.82. The maximum atomic E-state index is 13.1. The molecule has 0 radical (unpaired) electrons. The molecule has 22 heavy (non-hydrogen) atoms. The van der Waals surface area contributed by atoms with Crippen LogP contribution in [0.15, 0.2) is 24.3 Å². The second kappa shape index (κ2) is 5.88. The molecule has 1 fully saturated rings. The first-order chi connectivity index (χ1) is 10.5. The van der Waals surface area contributed by atoms with Gasteiger partial charge < -0.3 is 10.6 Å². The van der Waals surface area contributed by atoms with E-state index < -0.39 is 11.7 Å². The number of carbonyl (C=O) groups is 1. The number of hydrogen-bond donors (Lipinski definition) is 2. The van der Waals surface area contributed by atoms with E-state index in [1.807, 2.05) is 0 Å². The number of benzene rings is 1. The SMILES string of the molecule is Cc1nc(NC2CC2)cc(C(=O)Nc2ccc(F)c(Cl)c2)n1. The number of nitrogens with zero attached hydrogens (tertiary/aromatic N) is 2. The minimum atomic E-state index is -0.534. The highest BCUT2D eigenvalue weighted by Crippen LogP contribution is 2.24. The van der Waals surface area contributed by atoms with Crippen LogP contribution >= 0.6 is 11.6 Å². The molecule has 1 aliphatic rings. The number of amides is 1. The monoisotopic (exact) mass is 320 g/mol. The average molecular weight is 321 g/mol. The molecule has 0 bridgehead atoms. The number of carbonyl (C=O) groups excluding carboxylic acids is 1. The van der Waals surface area contributed by atoms with Gasteiger partial charge in [-0.05, 0) is 38.0 Å². The van der Waals surface area contributed by atoms with Crippen molar-refractivity contribution < 1.29 is 9.18 Å². The van der Waals surface area contributed by atoms with Crippen molar-refractivity contribution in [2.75, 3.05) is 10.6 Å². The van der Waals surface area contributed by atoms with E-state index in [2.05, 4.69) is 20.6 Å². The van der Waals surface area contributed by atoms with E-state index in [-0.39, 0.29) is 10.7 Å². The number of hydrogen-bond acceptors (Lipinski definition) is 4. The van der Waals surface area contributed by atoms with Crippen molar-refractivity contribution in [3.05, 3.63) is 46.6 Å². The molecule has 0 spiro atoms. The Morgan fingerprint density at radius 3 is 2.77 bits per heavy atom.